The molecule has 4 rings (SSSR count). The number of nitrogens with zero attached hydrogens (tertiary/aromatic N) is 3. The summed E-state index contributed by atoms with van der Waals surface area (Å²) in [5.41, 5.74) is 1.26. The van der Waals surface area contributed by atoms with Crippen LogP contribution in [0.3, 0.4) is 0 Å². The fourth-order valence-electron chi connectivity index (χ4n) is 4.00. The number of amides is 1. The van der Waals surface area contributed by atoms with Crippen LogP contribution in [-0.2, 0) is 11.0 Å². The molecule has 3 aromatic rings. The van der Waals surface area contributed by atoms with Crippen molar-refractivity contribution >= 4 is 28.9 Å². The second-order valence-electron chi connectivity index (χ2n) is 8.10. The summed E-state index contributed by atoms with van der Waals surface area (Å²) in [6.45, 7) is 1.42. The van der Waals surface area contributed by atoms with Gasteiger partial charge in [-0.05, 0) is 35.4 Å². The third kappa shape index (κ3) is 5.68. The van der Waals surface area contributed by atoms with E-state index in [1.54, 1.807) is 53.4 Å². The summed E-state index contributed by atoms with van der Waals surface area (Å²) in [4.78, 5) is 27.6. The van der Waals surface area contributed by atoms with Crippen molar-refractivity contribution < 1.29 is 22.9 Å². The average molecular weight is 481 g/mol. The van der Waals surface area contributed by atoms with Gasteiger partial charge in [-0.25, -0.2) is 0 Å². The van der Waals surface area contributed by atoms with Crippen LogP contribution < -0.4 is 4.90 Å². The number of non-ortho nitro benzene ring substituents is 1. The molecule has 1 aliphatic heterocycles. The first-order valence-electron chi connectivity index (χ1n) is 11.0. The summed E-state index contributed by atoms with van der Waals surface area (Å²) in [6.07, 6.45) is -2.79. The summed E-state index contributed by atoms with van der Waals surface area (Å²) in [5, 5.41) is 11.2. The molecule has 0 atom stereocenters. The number of nitro groups is 1. The van der Waals surface area contributed by atoms with Gasteiger partial charge in [0.25, 0.3) is 11.6 Å². The lowest BCUT2D eigenvalue weighted by Gasteiger charge is -2.36. The number of hydrogen-bond donors (Lipinski definition) is 0. The molecular formula is C26H22F3N3O3. The molecule has 6 nitrogen and oxygen atoms in total. The number of piperazine rings is 1. The van der Waals surface area contributed by atoms with Crippen LogP contribution >= 0.6 is 0 Å². The van der Waals surface area contributed by atoms with Crippen molar-refractivity contribution in [3.05, 3.63) is 106 Å². The minimum Gasteiger partial charge on any atom is -0.368 e. The first kappa shape index (κ1) is 24.0. The monoisotopic (exact) mass is 481 g/mol. The Bertz CT molecular complexity index is 1250. The van der Waals surface area contributed by atoms with Crippen molar-refractivity contribution in [3.63, 3.8) is 0 Å². The lowest BCUT2D eigenvalue weighted by molar-refractivity contribution is -0.384. The molecule has 0 aliphatic carbocycles. The van der Waals surface area contributed by atoms with E-state index >= 15 is 0 Å². The largest absolute Gasteiger partial charge is 0.416 e. The molecule has 0 spiro atoms. The lowest BCUT2D eigenvalue weighted by Crippen LogP contribution is -2.49. The van der Waals surface area contributed by atoms with Gasteiger partial charge < -0.3 is 9.80 Å². The van der Waals surface area contributed by atoms with Crippen LogP contribution in [0, 0.1) is 10.1 Å². The van der Waals surface area contributed by atoms with Crippen LogP contribution in [0.1, 0.15) is 16.7 Å². The molecule has 180 valence electrons. The van der Waals surface area contributed by atoms with Crippen molar-refractivity contribution in [1.82, 2.24) is 4.90 Å². The number of halogens is 3. The minimum absolute atomic E-state index is 0.0756. The predicted molar refractivity (Wildman–Crippen MR) is 128 cm³/mol. The van der Waals surface area contributed by atoms with Crippen molar-refractivity contribution in [1.29, 1.82) is 0 Å². The van der Waals surface area contributed by atoms with Crippen LogP contribution in [0.15, 0.2) is 78.9 Å². The number of anilines is 1. The summed E-state index contributed by atoms with van der Waals surface area (Å²) >= 11 is 0. The van der Waals surface area contributed by atoms with Gasteiger partial charge in [0.1, 0.15) is 0 Å². The molecule has 0 unspecified atom stereocenters. The molecule has 1 amide bonds. The molecule has 1 aliphatic rings. The summed E-state index contributed by atoms with van der Waals surface area (Å²) in [7, 11) is 0. The predicted octanol–water partition coefficient (Wildman–Crippen LogP) is 5.50. The first-order chi connectivity index (χ1) is 16.7. The molecule has 0 radical (unpaired) electrons. The third-order valence-electron chi connectivity index (χ3n) is 5.81. The maximum Gasteiger partial charge on any atom is 0.416 e. The van der Waals surface area contributed by atoms with Crippen molar-refractivity contribution in [2.75, 3.05) is 31.1 Å². The molecule has 3 aromatic carbocycles. The maximum atomic E-state index is 13.5. The Kier molecular flexibility index (Phi) is 6.86. The fraction of sp³-hybridized carbons (Fsp3) is 0.192. The molecular weight excluding hydrogens is 459 g/mol. The quantitative estimate of drug-likeness (QED) is 0.209. The van der Waals surface area contributed by atoms with Gasteiger partial charge in [-0.3, -0.25) is 14.9 Å². The van der Waals surface area contributed by atoms with Crippen molar-refractivity contribution in [2.45, 2.75) is 6.18 Å². The van der Waals surface area contributed by atoms with E-state index in [9.17, 15) is 28.1 Å². The number of hydrogen-bond acceptors (Lipinski definition) is 4. The van der Waals surface area contributed by atoms with Gasteiger partial charge in [0.2, 0.25) is 0 Å². The molecule has 0 saturated carbocycles. The third-order valence-corrected chi connectivity index (χ3v) is 5.81. The van der Waals surface area contributed by atoms with Crippen LogP contribution in [0.2, 0.25) is 0 Å². The summed E-state index contributed by atoms with van der Waals surface area (Å²) in [5.74, 6) is -0.244. The zero-order valence-corrected chi connectivity index (χ0v) is 18.6. The van der Waals surface area contributed by atoms with Crippen LogP contribution in [0.25, 0.3) is 11.6 Å². The van der Waals surface area contributed by atoms with Gasteiger partial charge in [-0.15, -0.1) is 0 Å². The molecule has 1 fully saturated rings. The number of nitro benzene ring substituents is 1. The second kappa shape index (κ2) is 10.0. The second-order valence-corrected chi connectivity index (χ2v) is 8.10. The van der Waals surface area contributed by atoms with E-state index in [-0.39, 0.29) is 11.6 Å². The van der Waals surface area contributed by atoms with Crippen LogP contribution in [-0.4, -0.2) is 41.9 Å². The molecule has 9 heteroatoms. The van der Waals surface area contributed by atoms with E-state index in [4.69, 9.17) is 0 Å². The smallest absolute Gasteiger partial charge is 0.368 e. The van der Waals surface area contributed by atoms with Gasteiger partial charge in [-0.2, -0.15) is 13.2 Å². The van der Waals surface area contributed by atoms with Crippen LogP contribution in [0.5, 0.6) is 0 Å². The zero-order chi connectivity index (χ0) is 25.0. The van der Waals surface area contributed by atoms with Gasteiger partial charge in [0, 0.05) is 49.6 Å². The summed E-state index contributed by atoms with van der Waals surface area (Å²) in [6, 6.07) is 20.2. The first-order valence-corrected chi connectivity index (χ1v) is 11.0. The molecule has 35 heavy (non-hydrogen) atoms. The van der Waals surface area contributed by atoms with Crippen LogP contribution in [0.4, 0.5) is 24.5 Å². The van der Waals surface area contributed by atoms with Gasteiger partial charge >= 0.3 is 6.18 Å². The Hall–Kier alpha value is -4.14. The maximum absolute atomic E-state index is 13.5. The van der Waals surface area contributed by atoms with Crippen molar-refractivity contribution in [2.24, 2.45) is 0 Å². The molecule has 0 bridgehead atoms. The zero-order valence-electron chi connectivity index (χ0n) is 18.6. The Labute approximate surface area is 200 Å². The number of carbonyl (C=O) groups excluding carboxylic acids is 1. The number of carbonyl (C=O) groups is 1. The lowest BCUT2D eigenvalue weighted by atomic mass is 10.0. The minimum atomic E-state index is -4.42. The Morgan fingerprint density at radius 3 is 2.23 bits per heavy atom. The Balaban J connectivity index is 1.55. The average Bonchev–Trinajstić information content (AvgIpc) is 2.87. The van der Waals surface area contributed by atoms with E-state index in [2.05, 4.69) is 0 Å². The highest BCUT2D eigenvalue weighted by molar-refractivity contribution is 6.24. The van der Waals surface area contributed by atoms with Gasteiger partial charge in [-0.1, -0.05) is 48.5 Å². The molecule has 1 saturated heterocycles. The highest BCUT2D eigenvalue weighted by Crippen LogP contribution is 2.32. The Morgan fingerprint density at radius 2 is 1.57 bits per heavy atom. The van der Waals surface area contributed by atoms with E-state index in [1.807, 2.05) is 11.0 Å². The SMILES string of the molecule is O=C(/C(=C/c1cccc([N+](=O)[O-])c1)c1ccccc1)N1CCN(c2cccc(C(F)(F)F)c2)CC1. The molecule has 0 aromatic heterocycles. The Morgan fingerprint density at radius 1 is 0.886 bits per heavy atom. The van der Waals surface area contributed by atoms with E-state index < -0.39 is 16.7 Å². The normalized spacial score (nSPS) is 14.7. The fourth-order valence-corrected chi connectivity index (χ4v) is 4.00. The number of rotatable bonds is 5. The van der Waals surface area contributed by atoms with E-state index in [0.29, 0.717) is 48.6 Å². The molecule has 0 N–H and O–H groups in total. The van der Waals surface area contributed by atoms with E-state index in [0.717, 1.165) is 12.1 Å². The van der Waals surface area contributed by atoms with E-state index in [1.165, 1.54) is 18.2 Å². The highest BCUT2D eigenvalue weighted by Gasteiger charge is 2.31. The van der Waals surface area contributed by atoms with Crippen molar-refractivity contribution in [3.8, 4) is 0 Å². The number of benzene rings is 3. The summed E-state index contributed by atoms with van der Waals surface area (Å²) < 4.78 is 39.3. The van der Waals surface area contributed by atoms with Gasteiger partial charge in [0.05, 0.1) is 10.5 Å². The highest BCUT2D eigenvalue weighted by atomic mass is 19.4. The topological polar surface area (TPSA) is 66.7 Å². The standard InChI is InChI=1S/C26H22F3N3O3/c27-26(28,29)21-9-5-10-22(18-21)30-12-14-31(15-13-30)25(33)24(20-7-2-1-3-8-20)17-19-6-4-11-23(16-19)32(34)35/h1-11,16-18H,12-15H2/b24-17+. The number of alkyl halides is 3. The van der Waals surface area contributed by atoms with Gasteiger partial charge in [0.15, 0.2) is 0 Å². The molecule has 1 heterocycles.